The number of nitrogens with one attached hydrogen (secondary N) is 3. The maximum atomic E-state index is 14.6. The molecule has 0 amide bonds. The lowest BCUT2D eigenvalue weighted by atomic mass is 9.99. The Morgan fingerprint density at radius 3 is 2.73 bits per heavy atom. The van der Waals surface area contributed by atoms with Crippen LogP contribution in [0.15, 0.2) is 84.2 Å². The van der Waals surface area contributed by atoms with E-state index in [2.05, 4.69) is 37.0 Å². The number of nitrogens with two attached hydrogens (primary N) is 1. The molecule has 0 spiro atoms. The number of hydrogen-bond donors (Lipinski definition) is 4. The van der Waals surface area contributed by atoms with E-state index in [4.69, 9.17) is 5.73 Å². The Kier molecular flexibility index (Phi) is 6.80. The molecule has 0 bridgehead atoms. The molecule has 1 aliphatic rings. The van der Waals surface area contributed by atoms with Crippen LogP contribution in [0.1, 0.15) is 30.9 Å². The first-order valence-electron chi connectivity index (χ1n) is 13.2. The molecule has 208 valence electrons. The van der Waals surface area contributed by atoms with Crippen LogP contribution >= 0.6 is 0 Å². The Morgan fingerprint density at radius 2 is 1.98 bits per heavy atom. The number of aromatic amines is 2. The molecule has 6 rings (SSSR count). The first-order valence-corrected chi connectivity index (χ1v) is 15.1. The van der Waals surface area contributed by atoms with Gasteiger partial charge in [0, 0.05) is 46.4 Å². The lowest BCUT2D eigenvalue weighted by Crippen LogP contribution is -2.21. The van der Waals surface area contributed by atoms with Gasteiger partial charge in [-0.05, 0) is 78.4 Å². The topological polar surface area (TPSA) is 130 Å². The minimum atomic E-state index is -3.41. The van der Waals surface area contributed by atoms with Crippen LogP contribution in [0.4, 0.5) is 4.39 Å². The molecule has 1 aliphatic carbocycles. The van der Waals surface area contributed by atoms with E-state index in [9.17, 15) is 12.8 Å². The lowest BCUT2D eigenvalue weighted by Gasteiger charge is -2.08. The standard InChI is InChI=1S/C31H29FN6O2S/c1-18(6-7-19-8-9-19)27(15-33)22-13-26-30(37-38-31(26)34-17-22)29-14-25-24(4-3-5-28(25)36-29)21-10-20(11-23(32)12-21)16-35-41(2,39)40/h3-7,10-15,17,35-36H,8-9,16,33H2,1-2H3,(H,34,37,38)/b18-6-,27-15+. The molecule has 0 unspecified atom stereocenters. The van der Waals surface area contributed by atoms with Crippen molar-refractivity contribution in [1.82, 2.24) is 24.9 Å². The van der Waals surface area contributed by atoms with E-state index < -0.39 is 15.8 Å². The fourth-order valence-corrected chi connectivity index (χ4v) is 5.37. The summed E-state index contributed by atoms with van der Waals surface area (Å²) in [5.74, 6) is -0.444. The maximum absolute atomic E-state index is 14.6. The van der Waals surface area contributed by atoms with Crippen molar-refractivity contribution in [2.24, 2.45) is 5.73 Å². The number of halogens is 1. The van der Waals surface area contributed by atoms with Crippen LogP contribution in [0.3, 0.4) is 0 Å². The minimum absolute atomic E-state index is 0.00122. The summed E-state index contributed by atoms with van der Waals surface area (Å²) in [5, 5.41) is 9.25. The fourth-order valence-electron chi connectivity index (χ4n) is 4.94. The number of benzene rings is 2. The Bertz CT molecular complexity index is 2010. The zero-order valence-corrected chi connectivity index (χ0v) is 23.4. The second kappa shape index (κ2) is 10.5. The summed E-state index contributed by atoms with van der Waals surface area (Å²) in [6.45, 7) is 2.03. The van der Waals surface area contributed by atoms with Crippen LogP contribution in [0, 0.1) is 5.82 Å². The number of rotatable bonds is 8. The number of hydrogen-bond acceptors (Lipinski definition) is 5. The van der Waals surface area contributed by atoms with E-state index in [1.54, 1.807) is 18.5 Å². The van der Waals surface area contributed by atoms with Crippen LogP contribution in [-0.4, -0.2) is 34.8 Å². The van der Waals surface area contributed by atoms with Crippen LogP contribution < -0.4 is 10.5 Å². The quantitative estimate of drug-likeness (QED) is 0.173. The molecule has 3 aromatic heterocycles. The summed E-state index contributed by atoms with van der Waals surface area (Å²) in [7, 11) is -3.41. The third kappa shape index (κ3) is 5.70. The molecule has 41 heavy (non-hydrogen) atoms. The van der Waals surface area contributed by atoms with Crippen molar-refractivity contribution in [3.05, 3.63) is 101 Å². The van der Waals surface area contributed by atoms with Gasteiger partial charge in [-0.25, -0.2) is 22.5 Å². The molecular weight excluding hydrogens is 539 g/mol. The highest BCUT2D eigenvalue weighted by atomic mass is 32.2. The van der Waals surface area contributed by atoms with Crippen molar-refractivity contribution in [3.63, 3.8) is 0 Å². The number of pyridine rings is 1. The van der Waals surface area contributed by atoms with Crippen molar-refractivity contribution in [1.29, 1.82) is 0 Å². The number of H-pyrrole nitrogens is 2. The second-order valence-corrected chi connectivity index (χ2v) is 12.2. The van der Waals surface area contributed by atoms with E-state index in [0.29, 0.717) is 16.8 Å². The first kappa shape index (κ1) is 26.7. The second-order valence-electron chi connectivity index (χ2n) is 10.3. The average molecular weight is 569 g/mol. The number of aromatic nitrogens is 4. The smallest absolute Gasteiger partial charge is 0.209 e. The zero-order chi connectivity index (χ0) is 28.7. The SMILES string of the molecule is CC(=C/C=C1CC1)/C(=C\N)c1cnc2n[nH]c(-c3cc4c(-c5cc(F)cc(CNS(C)(=O)=O)c5)cccc4[nH]3)c2c1. The summed E-state index contributed by atoms with van der Waals surface area (Å²) in [6, 6.07) is 14.4. The van der Waals surface area contributed by atoms with Gasteiger partial charge in [0.15, 0.2) is 5.65 Å². The molecular formula is C31H29FN6O2S. The van der Waals surface area contributed by atoms with Gasteiger partial charge < -0.3 is 10.7 Å². The molecule has 5 aromatic rings. The van der Waals surface area contributed by atoms with E-state index in [0.717, 1.165) is 69.0 Å². The monoisotopic (exact) mass is 568 g/mol. The van der Waals surface area contributed by atoms with E-state index in [-0.39, 0.29) is 6.54 Å². The van der Waals surface area contributed by atoms with Gasteiger partial charge in [0.1, 0.15) is 5.82 Å². The van der Waals surface area contributed by atoms with E-state index >= 15 is 0 Å². The third-order valence-electron chi connectivity index (χ3n) is 7.16. The van der Waals surface area contributed by atoms with Crippen molar-refractivity contribution in [3.8, 4) is 22.5 Å². The van der Waals surface area contributed by atoms with Crippen LogP contribution in [-0.2, 0) is 16.6 Å². The normalized spacial score (nSPS) is 14.3. The van der Waals surface area contributed by atoms with Gasteiger partial charge in [0.25, 0.3) is 0 Å². The van der Waals surface area contributed by atoms with Gasteiger partial charge in [0.05, 0.1) is 17.6 Å². The van der Waals surface area contributed by atoms with Crippen LogP contribution in [0.25, 0.3) is 50.0 Å². The van der Waals surface area contributed by atoms with E-state index in [1.165, 1.54) is 17.7 Å². The fraction of sp³-hybridized carbons (Fsp3) is 0.161. The predicted molar refractivity (Wildman–Crippen MR) is 161 cm³/mol. The molecule has 5 N–H and O–H groups in total. The average Bonchev–Trinajstić information content (AvgIpc) is 3.51. The van der Waals surface area contributed by atoms with Crippen molar-refractivity contribution in [2.45, 2.75) is 26.3 Å². The van der Waals surface area contributed by atoms with Gasteiger partial charge in [-0.15, -0.1) is 0 Å². The molecule has 10 heteroatoms. The molecule has 1 saturated carbocycles. The molecule has 1 fully saturated rings. The summed E-state index contributed by atoms with van der Waals surface area (Å²) in [6.07, 6.45) is 11.0. The Labute approximate surface area is 236 Å². The number of fused-ring (bicyclic) bond motifs is 2. The molecule has 2 aromatic carbocycles. The van der Waals surface area contributed by atoms with Gasteiger partial charge in [-0.1, -0.05) is 29.9 Å². The van der Waals surface area contributed by atoms with Gasteiger partial charge in [-0.2, -0.15) is 5.10 Å². The molecule has 8 nitrogen and oxygen atoms in total. The van der Waals surface area contributed by atoms with Crippen molar-refractivity contribution in [2.75, 3.05) is 6.26 Å². The van der Waals surface area contributed by atoms with E-state index in [1.807, 2.05) is 37.3 Å². The highest BCUT2D eigenvalue weighted by Gasteiger charge is 2.16. The largest absolute Gasteiger partial charge is 0.404 e. The number of allylic oxidation sites excluding steroid dienone is 5. The third-order valence-corrected chi connectivity index (χ3v) is 7.83. The van der Waals surface area contributed by atoms with Gasteiger partial charge in [0.2, 0.25) is 10.0 Å². The summed E-state index contributed by atoms with van der Waals surface area (Å²) in [5.41, 5.74) is 15.3. The summed E-state index contributed by atoms with van der Waals surface area (Å²) in [4.78, 5) is 8.03. The van der Waals surface area contributed by atoms with Gasteiger partial charge >= 0.3 is 0 Å². The highest BCUT2D eigenvalue weighted by molar-refractivity contribution is 7.88. The number of sulfonamides is 1. The maximum Gasteiger partial charge on any atom is 0.209 e. The number of nitrogens with zero attached hydrogens (tertiary/aromatic N) is 2. The van der Waals surface area contributed by atoms with Crippen LogP contribution in [0.5, 0.6) is 0 Å². The zero-order valence-electron chi connectivity index (χ0n) is 22.6. The molecule has 0 radical (unpaired) electrons. The minimum Gasteiger partial charge on any atom is -0.404 e. The summed E-state index contributed by atoms with van der Waals surface area (Å²) >= 11 is 0. The first-order chi connectivity index (χ1) is 19.7. The lowest BCUT2D eigenvalue weighted by molar-refractivity contribution is 0.586. The van der Waals surface area contributed by atoms with Gasteiger partial charge in [-0.3, -0.25) is 5.10 Å². The van der Waals surface area contributed by atoms with Crippen molar-refractivity contribution >= 4 is 37.5 Å². The predicted octanol–water partition coefficient (Wildman–Crippen LogP) is 5.93. The molecule has 3 heterocycles. The summed E-state index contributed by atoms with van der Waals surface area (Å²) < 4.78 is 40.1. The van der Waals surface area contributed by atoms with Crippen molar-refractivity contribution < 1.29 is 12.8 Å². The highest BCUT2D eigenvalue weighted by Crippen LogP contribution is 2.35. The molecule has 0 atom stereocenters. The Hall–Kier alpha value is -4.54. The molecule has 0 aliphatic heterocycles. The Morgan fingerprint density at radius 1 is 1.15 bits per heavy atom. The van der Waals surface area contributed by atoms with Crippen LogP contribution in [0.2, 0.25) is 0 Å². The Balaban J connectivity index is 1.40. The molecule has 0 saturated heterocycles.